The van der Waals surface area contributed by atoms with Crippen LogP contribution >= 0.6 is 0 Å². The number of nitrogens with two attached hydrogens (primary N) is 1. The Morgan fingerprint density at radius 1 is 1.61 bits per heavy atom. The van der Waals surface area contributed by atoms with Crippen LogP contribution in [-0.2, 0) is 11.3 Å². The number of hydrogen-bond acceptors (Lipinski definition) is 3. The van der Waals surface area contributed by atoms with Crippen LogP contribution in [0.5, 0.6) is 5.75 Å². The molecule has 1 unspecified atom stereocenters. The van der Waals surface area contributed by atoms with Gasteiger partial charge in [-0.05, 0) is 24.6 Å². The minimum absolute atomic E-state index is 0.241. The molecule has 1 aromatic rings. The molecule has 18 heavy (non-hydrogen) atoms. The zero-order valence-corrected chi connectivity index (χ0v) is 10.5. The van der Waals surface area contributed by atoms with Crippen molar-refractivity contribution in [3.05, 3.63) is 29.8 Å². The van der Waals surface area contributed by atoms with Gasteiger partial charge in [-0.25, -0.2) is 0 Å². The highest BCUT2D eigenvalue weighted by Crippen LogP contribution is 2.12. The van der Waals surface area contributed by atoms with Crippen LogP contribution in [0.3, 0.4) is 0 Å². The first-order valence-electron chi connectivity index (χ1n) is 5.85. The number of amides is 1. The molecule has 4 heteroatoms. The predicted molar refractivity (Wildman–Crippen MR) is 70.9 cm³/mol. The first kappa shape index (κ1) is 14.1. The maximum atomic E-state index is 11.6. The third-order valence-electron chi connectivity index (χ3n) is 2.35. The normalized spacial score (nSPS) is 11.4. The quantitative estimate of drug-likeness (QED) is 0.737. The molecule has 0 aliphatic carbocycles. The van der Waals surface area contributed by atoms with Crippen molar-refractivity contribution < 1.29 is 9.53 Å². The molecule has 0 aliphatic rings. The summed E-state index contributed by atoms with van der Waals surface area (Å²) in [6, 6.07) is 6.91. The van der Waals surface area contributed by atoms with Crippen LogP contribution in [0.4, 0.5) is 0 Å². The standard InChI is InChI=1S/C14H18N2O2/c1-3-6-13(15)14(17)16-10-11-7-5-8-12(9-11)18-4-2/h1,5,7-9,13H,4,6,10,15H2,2H3,(H,16,17). The van der Waals surface area contributed by atoms with E-state index in [-0.39, 0.29) is 12.3 Å². The average molecular weight is 246 g/mol. The summed E-state index contributed by atoms with van der Waals surface area (Å²) in [5, 5.41) is 2.74. The Labute approximate surface area is 108 Å². The van der Waals surface area contributed by atoms with E-state index >= 15 is 0 Å². The minimum atomic E-state index is -0.648. The maximum Gasteiger partial charge on any atom is 0.238 e. The molecule has 0 aliphatic heterocycles. The lowest BCUT2D eigenvalue weighted by Crippen LogP contribution is -2.39. The summed E-state index contributed by atoms with van der Waals surface area (Å²) in [5.74, 6) is 2.91. The van der Waals surface area contributed by atoms with E-state index in [9.17, 15) is 4.79 Å². The van der Waals surface area contributed by atoms with Crippen molar-refractivity contribution in [3.63, 3.8) is 0 Å². The number of rotatable bonds is 6. The molecular weight excluding hydrogens is 228 g/mol. The van der Waals surface area contributed by atoms with Gasteiger partial charge in [-0.15, -0.1) is 12.3 Å². The molecule has 1 aromatic carbocycles. The third kappa shape index (κ3) is 4.48. The molecule has 0 radical (unpaired) electrons. The van der Waals surface area contributed by atoms with Crippen molar-refractivity contribution in [3.8, 4) is 18.1 Å². The van der Waals surface area contributed by atoms with E-state index in [1.807, 2.05) is 31.2 Å². The van der Waals surface area contributed by atoms with Gasteiger partial charge in [-0.3, -0.25) is 4.79 Å². The van der Waals surface area contributed by atoms with Gasteiger partial charge in [0.2, 0.25) is 5.91 Å². The van der Waals surface area contributed by atoms with Crippen molar-refractivity contribution in [1.82, 2.24) is 5.32 Å². The summed E-state index contributed by atoms with van der Waals surface area (Å²) in [6.07, 6.45) is 5.34. The first-order valence-corrected chi connectivity index (χ1v) is 5.85. The van der Waals surface area contributed by atoms with E-state index in [0.29, 0.717) is 13.2 Å². The summed E-state index contributed by atoms with van der Waals surface area (Å²) in [6.45, 7) is 2.95. The summed E-state index contributed by atoms with van der Waals surface area (Å²) in [4.78, 5) is 11.6. The van der Waals surface area contributed by atoms with E-state index < -0.39 is 6.04 Å². The van der Waals surface area contributed by atoms with Crippen molar-refractivity contribution in [2.24, 2.45) is 5.73 Å². The molecule has 1 rings (SSSR count). The summed E-state index contributed by atoms with van der Waals surface area (Å²) in [5.41, 5.74) is 6.55. The molecular formula is C14H18N2O2. The average Bonchev–Trinajstić information content (AvgIpc) is 2.37. The van der Waals surface area contributed by atoms with Crippen LogP contribution in [0.25, 0.3) is 0 Å². The van der Waals surface area contributed by atoms with Gasteiger partial charge in [-0.2, -0.15) is 0 Å². The monoisotopic (exact) mass is 246 g/mol. The minimum Gasteiger partial charge on any atom is -0.494 e. The fraction of sp³-hybridized carbons (Fsp3) is 0.357. The van der Waals surface area contributed by atoms with E-state index in [1.54, 1.807) is 0 Å². The molecule has 0 fully saturated rings. The van der Waals surface area contributed by atoms with E-state index in [2.05, 4.69) is 11.2 Å². The van der Waals surface area contributed by atoms with Crippen LogP contribution in [-0.4, -0.2) is 18.6 Å². The highest BCUT2D eigenvalue weighted by atomic mass is 16.5. The number of ether oxygens (including phenoxy) is 1. The molecule has 1 amide bonds. The summed E-state index contributed by atoms with van der Waals surface area (Å²) in [7, 11) is 0. The highest BCUT2D eigenvalue weighted by Gasteiger charge is 2.11. The number of terminal acetylenes is 1. The Kier molecular flexibility index (Phi) is 5.75. The van der Waals surface area contributed by atoms with Gasteiger partial charge in [0.15, 0.2) is 0 Å². The lowest BCUT2D eigenvalue weighted by Gasteiger charge is -2.10. The topological polar surface area (TPSA) is 64.4 Å². The van der Waals surface area contributed by atoms with Crippen LogP contribution in [0.2, 0.25) is 0 Å². The lowest BCUT2D eigenvalue weighted by molar-refractivity contribution is -0.122. The van der Waals surface area contributed by atoms with Gasteiger partial charge in [0.25, 0.3) is 0 Å². The molecule has 4 nitrogen and oxygen atoms in total. The van der Waals surface area contributed by atoms with Crippen molar-refractivity contribution in [2.75, 3.05) is 6.61 Å². The molecule has 1 atom stereocenters. The molecule has 0 bridgehead atoms. The molecule has 0 saturated heterocycles. The van der Waals surface area contributed by atoms with E-state index in [0.717, 1.165) is 11.3 Å². The van der Waals surface area contributed by atoms with Crippen LogP contribution in [0, 0.1) is 12.3 Å². The molecule has 0 aromatic heterocycles. The molecule has 0 spiro atoms. The van der Waals surface area contributed by atoms with E-state index in [1.165, 1.54) is 0 Å². The predicted octanol–water partition coefficient (Wildman–Crippen LogP) is 1.05. The Bertz CT molecular complexity index is 438. The smallest absolute Gasteiger partial charge is 0.238 e. The van der Waals surface area contributed by atoms with Gasteiger partial charge >= 0.3 is 0 Å². The highest BCUT2D eigenvalue weighted by molar-refractivity contribution is 5.81. The third-order valence-corrected chi connectivity index (χ3v) is 2.35. The van der Waals surface area contributed by atoms with Gasteiger partial charge in [0, 0.05) is 13.0 Å². The fourth-order valence-corrected chi connectivity index (χ4v) is 1.45. The zero-order chi connectivity index (χ0) is 13.4. The summed E-state index contributed by atoms with van der Waals surface area (Å²) >= 11 is 0. The van der Waals surface area contributed by atoms with Gasteiger partial charge < -0.3 is 15.8 Å². The molecule has 0 heterocycles. The van der Waals surface area contributed by atoms with Gasteiger partial charge in [-0.1, -0.05) is 12.1 Å². The second kappa shape index (κ2) is 7.36. The maximum absolute atomic E-state index is 11.6. The molecule has 3 N–H and O–H groups in total. The van der Waals surface area contributed by atoms with Crippen molar-refractivity contribution >= 4 is 5.91 Å². The largest absolute Gasteiger partial charge is 0.494 e. The Morgan fingerprint density at radius 3 is 3.06 bits per heavy atom. The lowest BCUT2D eigenvalue weighted by atomic mass is 10.2. The SMILES string of the molecule is C#CCC(N)C(=O)NCc1cccc(OCC)c1. The number of hydrogen-bond donors (Lipinski definition) is 2. The van der Waals surface area contributed by atoms with Crippen molar-refractivity contribution in [2.45, 2.75) is 25.9 Å². The van der Waals surface area contributed by atoms with Crippen molar-refractivity contribution in [1.29, 1.82) is 0 Å². The Morgan fingerprint density at radius 2 is 2.39 bits per heavy atom. The van der Waals surface area contributed by atoms with Crippen LogP contribution in [0.1, 0.15) is 18.9 Å². The second-order valence-electron chi connectivity index (χ2n) is 3.81. The van der Waals surface area contributed by atoms with Crippen LogP contribution < -0.4 is 15.8 Å². The van der Waals surface area contributed by atoms with Crippen LogP contribution in [0.15, 0.2) is 24.3 Å². The Balaban J connectivity index is 2.50. The second-order valence-corrected chi connectivity index (χ2v) is 3.81. The van der Waals surface area contributed by atoms with Gasteiger partial charge in [0.05, 0.1) is 12.6 Å². The zero-order valence-electron chi connectivity index (χ0n) is 10.5. The number of carbonyl (C=O) groups excluding carboxylic acids is 1. The molecule has 0 saturated carbocycles. The fourth-order valence-electron chi connectivity index (χ4n) is 1.45. The molecule has 96 valence electrons. The van der Waals surface area contributed by atoms with Gasteiger partial charge in [0.1, 0.15) is 5.75 Å². The first-order chi connectivity index (χ1) is 8.67. The number of nitrogens with one attached hydrogen (secondary N) is 1. The Hall–Kier alpha value is -1.99. The summed E-state index contributed by atoms with van der Waals surface area (Å²) < 4.78 is 5.38. The number of carbonyl (C=O) groups is 1. The van der Waals surface area contributed by atoms with E-state index in [4.69, 9.17) is 16.9 Å². The number of benzene rings is 1.